The van der Waals surface area contributed by atoms with E-state index in [1.54, 1.807) is 6.33 Å². The fourth-order valence-electron chi connectivity index (χ4n) is 4.73. The van der Waals surface area contributed by atoms with E-state index < -0.39 is 0 Å². The number of H-pyrrole nitrogens is 1. The van der Waals surface area contributed by atoms with Crippen molar-refractivity contribution in [3.63, 3.8) is 0 Å². The van der Waals surface area contributed by atoms with Gasteiger partial charge in [0.2, 0.25) is 0 Å². The van der Waals surface area contributed by atoms with Crippen molar-refractivity contribution < 1.29 is 9.18 Å². The molecule has 1 aromatic heterocycles. The summed E-state index contributed by atoms with van der Waals surface area (Å²) in [6.45, 7) is 0. The number of hydrogen-bond acceptors (Lipinski definition) is 2. The Hall–Kier alpha value is -2.69. The summed E-state index contributed by atoms with van der Waals surface area (Å²) in [6, 6.07) is 13.1. The van der Waals surface area contributed by atoms with Crippen LogP contribution < -0.4 is 0 Å². The zero-order chi connectivity index (χ0) is 17.7. The van der Waals surface area contributed by atoms with Crippen LogP contribution in [0.15, 0.2) is 48.8 Å². The minimum atomic E-state index is -0.196. The molecule has 0 saturated carbocycles. The molecule has 2 aliphatic heterocycles. The van der Waals surface area contributed by atoms with Gasteiger partial charge < -0.3 is 9.88 Å². The first-order valence-corrected chi connectivity index (χ1v) is 9.20. The van der Waals surface area contributed by atoms with Gasteiger partial charge in [-0.05, 0) is 67.5 Å². The molecule has 2 saturated heterocycles. The number of carbonyl (C=O) groups excluding carboxylic acids is 1. The molecule has 0 radical (unpaired) electrons. The van der Waals surface area contributed by atoms with Gasteiger partial charge in [-0.15, -0.1) is 0 Å². The van der Waals surface area contributed by atoms with Gasteiger partial charge in [-0.25, -0.2) is 9.37 Å². The highest BCUT2D eigenvalue weighted by atomic mass is 19.1. The van der Waals surface area contributed by atoms with Gasteiger partial charge in [-0.1, -0.05) is 12.1 Å². The normalized spacial score (nSPS) is 25.0. The summed E-state index contributed by atoms with van der Waals surface area (Å²) in [7, 11) is 0. The lowest BCUT2D eigenvalue weighted by molar-refractivity contribution is 0.0571. The van der Waals surface area contributed by atoms with E-state index in [4.69, 9.17) is 0 Å². The second-order valence-electron chi connectivity index (χ2n) is 7.45. The van der Waals surface area contributed by atoms with E-state index in [1.807, 2.05) is 30.3 Å². The van der Waals surface area contributed by atoms with Gasteiger partial charge in [0.05, 0.1) is 17.4 Å². The number of carbonyl (C=O) groups is 1. The fraction of sp³-hybridized carbons (Fsp3) is 0.333. The Kier molecular flexibility index (Phi) is 3.55. The van der Waals surface area contributed by atoms with Crippen molar-refractivity contribution in [2.75, 3.05) is 0 Å². The summed E-state index contributed by atoms with van der Waals surface area (Å²) in [6.07, 6.45) is 5.68. The number of piperidine rings is 1. The SMILES string of the molecule is O=C(c1ccc2nc[nH]c2c1)N1[C@H]2CC[C@H]1CC(c1ccc(F)cc1)C2. The molecular weight excluding hydrogens is 329 g/mol. The quantitative estimate of drug-likeness (QED) is 0.752. The van der Waals surface area contributed by atoms with Gasteiger partial charge in [-0.2, -0.15) is 0 Å². The molecule has 3 heterocycles. The molecular formula is C21H20FN3O. The standard InChI is InChI=1S/C21H20FN3O/c22-16-4-1-13(2-5-16)15-9-17-6-7-18(10-15)25(17)21(26)14-3-8-19-20(11-14)24-12-23-19/h1-5,8,11-12,15,17-18H,6-7,9-10H2,(H,23,24)/t17-,18-/m0/s1. The smallest absolute Gasteiger partial charge is 0.254 e. The number of hydrogen-bond donors (Lipinski definition) is 1. The van der Waals surface area contributed by atoms with Gasteiger partial charge in [0.15, 0.2) is 0 Å². The molecule has 26 heavy (non-hydrogen) atoms. The highest BCUT2D eigenvalue weighted by molar-refractivity contribution is 5.97. The van der Waals surface area contributed by atoms with E-state index in [0.29, 0.717) is 5.92 Å². The number of amides is 1. The monoisotopic (exact) mass is 349 g/mol. The summed E-state index contributed by atoms with van der Waals surface area (Å²) >= 11 is 0. The first-order chi connectivity index (χ1) is 12.7. The average molecular weight is 349 g/mol. The maximum Gasteiger partial charge on any atom is 0.254 e. The van der Waals surface area contributed by atoms with Crippen molar-refractivity contribution >= 4 is 16.9 Å². The van der Waals surface area contributed by atoms with E-state index in [0.717, 1.165) is 42.3 Å². The van der Waals surface area contributed by atoms with Crippen molar-refractivity contribution in [2.45, 2.75) is 43.7 Å². The van der Waals surface area contributed by atoms with Crippen LogP contribution in [0.3, 0.4) is 0 Å². The van der Waals surface area contributed by atoms with Crippen LogP contribution in [0.1, 0.15) is 47.5 Å². The van der Waals surface area contributed by atoms with Crippen LogP contribution in [-0.4, -0.2) is 32.9 Å². The molecule has 2 aliphatic rings. The molecule has 2 aromatic carbocycles. The highest BCUT2D eigenvalue weighted by Gasteiger charge is 2.43. The Morgan fingerprint density at radius 3 is 2.54 bits per heavy atom. The van der Waals surface area contributed by atoms with Crippen LogP contribution in [0.5, 0.6) is 0 Å². The molecule has 1 amide bonds. The van der Waals surface area contributed by atoms with E-state index >= 15 is 0 Å². The van der Waals surface area contributed by atoms with E-state index in [2.05, 4.69) is 14.9 Å². The zero-order valence-electron chi connectivity index (χ0n) is 14.4. The molecule has 4 nitrogen and oxygen atoms in total. The van der Waals surface area contributed by atoms with Crippen LogP contribution in [0.4, 0.5) is 4.39 Å². The third kappa shape index (κ3) is 2.50. The van der Waals surface area contributed by atoms with E-state index in [-0.39, 0.29) is 23.8 Å². The average Bonchev–Trinajstić information content (AvgIpc) is 3.23. The lowest BCUT2D eigenvalue weighted by atomic mass is 9.85. The maximum absolute atomic E-state index is 13.2. The summed E-state index contributed by atoms with van der Waals surface area (Å²) < 4.78 is 13.2. The molecule has 0 unspecified atom stereocenters. The third-order valence-corrected chi connectivity index (χ3v) is 5.98. The molecule has 132 valence electrons. The number of fused-ring (bicyclic) bond motifs is 3. The Bertz CT molecular complexity index is 951. The van der Waals surface area contributed by atoms with Crippen molar-refractivity contribution in [2.24, 2.45) is 0 Å². The summed E-state index contributed by atoms with van der Waals surface area (Å²) in [4.78, 5) is 22.5. The van der Waals surface area contributed by atoms with E-state index in [1.165, 1.54) is 17.7 Å². The van der Waals surface area contributed by atoms with Crippen LogP contribution in [0, 0.1) is 5.82 Å². The second kappa shape index (κ2) is 5.94. The lowest BCUT2D eigenvalue weighted by Crippen LogP contribution is -2.46. The molecule has 2 fully saturated rings. The van der Waals surface area contributed by atoms with Gasteiger partial charge in [-0.3, -0.25) is 4.79 Å². The minimum absolute atomic E-state index is 0.117. The zero-order valence-corrected chi connectivity index (χ0v) is 14.4. The Balaban J connectivity index is 1.39. The number of imidazole rings is 1. The topological polar surface area (TPSA) is 49.0 Å². The Labute approximate surface area is 151 Å². The first-order valence-electron chi connectivity index (χ1n) is 9.20. The first kappa shape index (κ1) is 15.6. The number of aromatic amines is 1. The maximum atomic E-state index is 13.2. The largest absolute Gasteiger partial charge is 0.345 e. The highest BCUT2D eigenvalue weighted by Crippen LogP contribution is 2.43. The minimum Gasteiger partial charge on any atom is -0.345 e. The summed E-state index contributed by atoms with van der Waals surface area (Å²) in [5, 5.41) is 0. The van der Waals surface area contributed by atoms with Gasteiger partial charge in [0.1, 0.15) is 5.82 Å². The molecule has 1 N–H and O–H groups in total. The van der Waals surface area contributed by atoms with Crippen LogP contribution in [0.25, 0.3) is 11.0 Å². The predicted octanol–water partition coefficient (Wildman–Crippen LogP) is 4.25. The molecule has 5 rings (SSSR count). The van der Waals surface area contributed by atoms with Gasteiger partial charge in [0.25, 0.3) is 5.91 Å². The van der Waals surface area contributed by atoms with Crippen molar-refractivity contribution in [3.05, 3.63) is 65.7 Å². The Morgan fingerprint density at radius 2 is 1.81 bits per heavy atom. The predicted molar refractivity (Wildman–Crippen MR) is 97.4 cm³/mol. The van der Waals surface area contributed by atoms with Crippen molar-refractivity contribution in [1.82, 2.24) is 14.9 Å². The molecule has 3 aromatic rings. The number of halogens is 1. The summed E-state index contributed by atoms with van der Waals surface area (Å²) in [5.41, 5.74) is 3.68. The molecule has 5 heteroatoms. The summed E-state index contributed by atoms with van der Waals surface area (Å²) in [5.74, 6) is 0.331. The number of nitrogens with one attached hydrogen (secondary N) is 1. The van der Waals surface area contributed by atoms with Crippen molar-refractivity contribution in [3.8, 4) is 0 Å². The molecule has 0 aliphatic carbocycles. The fourth-order valence-corrected chi connectivity index (χ4v) is 4.73. The van der Waals surface area contributed by atoms with E-state index in [9.17, 15) is 9.18 Å². The third-order valence-electron chi connectivity index (χ3n) is 5.98. The van der Waals surface area contributed by atoms with Gasteiger partial charge in [0, 0.05) is 17.6 Å². The van der Waals surface area contributed by atoms with Gasteiger partial charge >= 0.3 is 0 Å². The number of aromatic nitrogens is 2. The number of benzene rings is 2. The number of rotatable bonds is 2. The van der Waals surface area contributed by atoms with Crippen LogP contribution in [-0.2, 0) is 0 Å². The Morgan fingerprint density at radius 1 is 1.08 bits per heavy atom. The van der Waals surface area contributed by atoms with Crippen LogP contribution in [0.2, 0.25) is 0 Å². The molecule has 0 spiro atoms. The lowest BCUT2D eigenvalue weighted by Gasteiger charge is -2.39. The number of nitrogens with zero attached hydrogens (tertiary/aromatic N) is 2. The second-order valence-corrected chi connectivity index (χ2v) is 7.45. The van der Waals surface area contributed by atoms with Crippen molar-refractivity contribution in [1.29, 1.82) is 0 Å². The van der Waals surface area contributed by atoms with Crippen LogP contribution >= 0.6 is 0 Å². The molecule has 2 bridgehead atoms. The molecule has 2 atom stereocenters.